The van der Waals surface area contributed by atoms with E-state index in [4.69, 9.17) is 5.73 Å². The largest absolute Gasteiger partial charge is 0.345 e. The molecule has 1 aromatic carbocycles. The van der Waals surface area contributed by atoms with E-state index in [0.29, 0.717) is 13.0 Å². The monoisotopic (exact) mass is 324 g/mol. The van der Waals surface area contributed by atoms with Crippen LogP contribution in [0, 0.1) is 5.41 Å². The van der Waals surface area contributed by atoms with Gasteiger partial charge in [-0.1, -0.05) is 40.5 Å². The number of likely N-dealkylation sites (N-methyl/N-ethyl adjacent to an activating group) is 1. The molecule has 0 spiro atoms. The van der Waals surface area contributed by atoms with Gasteiger partial charge in [-0.05, 0) is 31.0 Å². The predicted molar refractivity (Wildman–Crippen MR) is 80.8 cm³/mol. The fourth-order valence-corrected chi connectivity index (χ4v) is 3.06. The smallest absolute Gasteiger partial charge is 0.226 e. The first-order chi connectivity index (χ1) is 9.06. The maximum Gasteiger partial charge on any atom is 0.226 e. The lowest BCUT2D eigenvalue weighted by Gasteiger charge is -2.43. The number of amides is 1. The molecule has 3 nitrogen and oxygen atoms in total. The van der Waals surface area contributed by atoms with Crippen molar-refractivity contribution in [3.63, 3.8) is 0 Å². The second-order valence-electron chi connectivity index (χ2n) is 5.58. The number of benzene rings is 1. The van der Waals surface area contributed by atoms with E-state index < -0.39 is 0 Å². The minimum atomic E-state index is 0.159. The molecule has 0 aromatic heterocycles. The Balaban J connectivity index is 1.94. The lowest BCUT2D eigenvalue weighted by molar-refractivity contribution is -0.131. The summed E-state index contributed by atoms with van der Waals surface area (Å²) in [6.45, 7) is 1.46. The molecule has 2 rings (SSSR count). The van der Waals surface area contributed by atoms with Crippen molar-refractivity contribution in [2.75, 3.05) is 20.1 Å². The van der Waals surface area contributed by atoms with E-state index in [1.54, 1.807) is 0 Å². The van der Waals surface area contributed by atoms with Gasteiger partial charge in [0.2, 0.25) is 5.91 Å². The highest BCUT2D eigenvalue weighted by Gasteiger charge is 2.37. The van der Waals surface area contributed by atoms with E-state index in [0.717, 1.165) is 29.4 Å². The Labute approximate surface area is 123 Å². The molecule has 0 saturated heterocycles. The first kappa shape index (κ1) is 14.5. The summed E-state index contributed by atoms with van der Waals surface area (Å²) in [6.07, 6.45) is 3.98. The SMILES string of the molecule is CN(CC1(CN)CCC1)C(=O)Cc1ccccc1Br. The van der Waals surface area contributed by atoms with Crippen LogP contribution in [0.25, 0.3) is 0 Å². The van der Waals surface area contributed by atoms with Crippen molar-refractivity contribution < 1.29 is 4.79 Å². The lowest BCUT2D eigenvalue weighted by Crippen LogP contribution is -2.47. The molecule has 1 amide bonds. The van der Waals surface area contributed by atoms with Crippen molar-refractivity contribution in [2.45, 2.75) is 25.7 Å². The van der Waals surface area contributed by atoms with Crippen molar-refractivity contribution in [1.29, 1.82) is 0 Å². The van der Waals surface area contributed by atoms with Crippen LogP contribution >= 0.6 is 15.9 Å². The second-order valence-corrected chi connectivity index (χ2v) is 6.43. The van der Waals surface area contributed by atoms with Gasteiger partial charge in [-0.2, -0.15) is 0 Å². The highest BCUT2D eigenvalue weighted by Crippen LogP contribution is 2.40. The third-order valence-corrected chi connectivity index (χ3v) is 4.92. The van der Waals surface area contributed by atoms with Gasteiger partial charge >= 0.3 is 0 Å². The fourth-order valence-electron chi connectivity index (χ4n) is 2.63. The first-order valence-electron chi connectivity index (χ1n) is 6.74. The van der Waals surface area contributed by atoms with Crippen LogP contribution in [0.3, 0.4) is 0 Å². The average molecular weight is 325 g/mol. The van der Waals surface area contributed by atoms with Gasteiger partial charge in [-0.15, -0.1) is 0 Å². The summed E-state index contributed by atoms with van der Waals surface area (Å²) in [6, 6.07) is 7.87. The molecule has 0 radical (unpaired) electrons. The van der Waals surface area contributed by atoms with E-state index in [1.807, 2.05) is 36.2 Å². The van der Waals surface area contributed by atoms with Crippen molar-refractivity contribution in [1.82, 2.24) is 4.90 Å². The molecule has 1 aromatic rings. The molecule has 0 aliphatic heterocycles. The van der Waals surface area contributed by atoms with E-state index in [-0.39, 0.29) is 11.3 Å². The minimum Gasteiger partial charge on any atom is -0.345 e. The Morgan fingerprint density at radius 2 is 2.11 bits per heavy atom. The molecular weight excluding hydrogens is 304 g/mol. The van der Waals surface area contributed by atoms with E-state index in [9.17, 15) is 4.79 Å². The van der Waals surface area contributed by atoms with Crippen molar-refractivity contribution in [3.05, 3.63) is 34.3 Å². The van der Waals surface area contributed by atoms with E-state index in [2.05, 4.69) is 15.9 Å². The summed E-state index contributed by atoms with van der Waals surface area (Å²) in [5.74, 6) is 0.159. The second kappa shape index (κ2) is 6.06. The Morgan fingerprint density at radius 3 is 2.63 bits per heavy atom. The van der Waals surface area contributed by atoms with Crippen LogP contribution in [0.1, 0.15) is 24.8 Å². The average Bonchev–Trinajstić information content (AvgIpc) is 2.36. The summed E-state index contributed by atoms with van der Waals surface area (Å²) in [7, 11) is 1.88. The highest BCUT2D eigenvalue weighted by molar-refractivity contribution is 9.10. The number of hydrogen-bond acceptors (Lipinski definition) is 2. The normalized spacial score (nSPS) is 16.8. The van der Waals surface area contributed by atoms with Crippen molar-refractivity contribution in [2.24, 2.45) is 11.1 Å². The van der Waals surface area contributed by atoms with Crippen LogP contribution in [0.2, 0.25) is 0 Å². The topological polar surface area (TPSA) is 46.3 Å². The van der Waals surface area contributed by atoms with Crippen LogP contribution in [0.15, 0.2) is 28.7 Å². The summed E-state index contributed by atoms with van der Waals surface area (Å²) >= 11 is 3.48. The van der Waals surface area contributed by atoms with E-state index >= 15 is 0 Å². The number of carbonyl (C=O) groups excluding carboxylic acids is 1. The van der Waals surface area contributed by atoms with Crippen LogP contribution in [0.4, 0.5) is 0 Å². The molecule has 1 saturated carbocycles. The molecule has 1 aliphatic carbocycles. The van der Waals surface area contributed by atoms with Crippen LogP contribution in [0.5, 0.6) is 0 Å². The predicted octanol–water partition coefficient (Wildman–Crippen LogP) is 2.58. The van der Waals surface area contributed by atoms with Gasteiger partial charge in [-0.25, -0.2) is 0 Å². The third-order valence-electron chi connectivity index (χ3n) is 4.15. The summed E-state index contributed by atoms with van der Waals surface area (Å²) in [5.41, 5.74) is 7.06. The standard InChI is InChI=1S/C15H21BrN2O/c1-18(11-15(10-17)7-4-8-15)14(19)9-12-5-2-3-6-13(12)16/h2-3,5-6H,4,7-11,17H2,1H3. The lowest BCUT2D eigenvalue weighted by atomic mass is 9.68. The third kappa shape index (κ3) is 3.37. The number of hydrogen-bond donors (Lipinski definition) is 1. The number of nitrogens with two attached hydrogens (primary N) is 1. The fraction of sp³-hybridized carbons (Fsp3) is 0.533. The molecular formula is C15H21BrN2O. The number of carbonyl (C=O) groups is 1. The number of nitrogens with zero attached hydrogens (tertiary/aromatic N) is 1. The van der Waals surface area contributed by atoms with Crippen LogP contribution in [-0.2, 0) is 11.2 Å². The molecule has 0 heterocycles. The van der Waals surface area contributed by atoms with Gasteiger partial charge in [0, 0.05) is 23.5 Å². The van der Waals surface area contributed by atoms with Crippen molar-refractivity contribution >= 4 is 21.8 Å². The van der Waals surface area contributed by atoms with Crippen molar-refractivity contribution in [3.8, 4) is 0 Å². The van der Waals surface area contributed by atoms with Gasteiger partial charge in [0.1, 0.15) is 0 Å². The Hall–Kier alpha value is -0.870. The molecule has 2 N–H and O–H groups in total. The van der Waals surface area contributed by atoms with Gasteiger partial charge in [0.15, 0.2) is 0 Å². The quantitative estimate of drug-likeness (QED) is 0.904. The maximum absolute atomic E-state index is 12.3. The zero-order valence-corrected chi connectivity index (χ0v) is 12.9. The Bertz CT molecular complexity index is 452. The van der Waals surface area contributed by atoms with Gasteiger partial charge in [-0.3, -0.25) is 4.79 Å². The summed E-state index contributed by atoms with van der Waals surface area (Å²) in [4.78, 5) is 14.1. The summed E-state index contributed by atoms with van der Waals surface area (Å²) in [5, 5.41) is 0. The molecule has 0 bridgehead atoms. The van der Waals surface area contributed by atoms with Gasteiger partial charge in [0.25, 0.3) is 0 Å². The van der Waals surface area contributed by atoms with Gasteiger partial charge in [0.05, 0.1) is 6.42 Å². The molecule has 19 heavy (non-hydrogen) atoms. The highest BCUT2D eigenvalue weighted by atomic mass is 79.9. The maximum atomic E-state index is 12.3. The number of rotatable bonds is 5. The molecule has 0 unspecified atom stereocenters. The zero-order chi connectivity index (χ0) is 13.9. The molecule has 1 aliphatic rings. The van der Waals surface area contributed by atoms with Crippen LogP contribution in [-0.4, -0.2) is 30.9 Å². The first-order valence-corrected chi connectivity index (χ1v) is 7.53. The molecule has 0 atom stereocenters. The molecule has 4 heteroatoms. The molecule has 1 fully saturated rings. The molecule has 104 valence electrons. The zero-order valence-electron chi connectivity index (χ0n) is 11.4. The minimum absolute atomic E-state index is 0.159. The van der Waals surface area contributed by atoms with Crippen LogP contribution < -0.4 is 5.73 Å². The Morgan fingerprint density at radius 1 is 1.42 bits per heavy atom. The number of halogens is 1. The van der Waals surface area contributed by atoms with E-state index in [1.165, 1.54) is 6.42 Å². The summed E-state index contributed by atoms with van der Waals surface area (Å²) < 4.78 is 0.994. The van der Waals surface area contributed by atoms with Gasteiger partial charge < -0.3 is 10.6 Å². The Kier molecular flexibility index (Phi) is 4.63.